The van der Waals surface area contributed by atoms with Crippen LogP contribution in [0.15, 0.2) is 0 Å². The maximum atomic E-state index is 11.6. The Morgan fingerprint density at radius 1 is 0.840 bits per heavy atom. The van der Waals surface area contributed by atoms with E-state index in [4.69, 9.17) is 9.47 Å². The van der Waals surface area contributed by atoms with Crippen LogP contribution in [0.25, 0.3) is 0 Å². The largest absolute Gasteiger partial charge is 0.460 e. The molecule has 1 fully saturated rings. The number of epoxide rings is 1. The smallest absolute Gasteiger partial charge is 0.306 e. The predicted octanol–water partition coefficient (Wildman–Crippen LogP) is 6.58. The molecule has 0 aliphatic carbocycles. The highest BCUT2D eigenvalue weighted by Gasteiger charge is 2.31. The van der Waals surface area contributed by atoms with Crippen molar-refractivity contribution in [1.29, 1.82) is 0 Å². The third kappa shape index (κ3) is 14.3. The fourth-order valence-corrected chi connectivity index (χ4v) is 3.31. The maximum Gasteiger partial charge on any atom is 0.306 e. The quantitative estimate of drug-likeness (QED) is 0.158. The second-order valence-corrected chi connectivity index (χ2v) is 7.77. The lowest BCUT2D eigenvalue weighted by molar-refractivity contribution is -0.149. The average Bonchev–Trinajstić information content (AvgIpc) is 3.43. The molecule has 1 aliphatic rings. The number of carbonyl (C=O) groups excluding carboxylic acids is 1. The van der Waals surface area contributed by atoms with E-state index in [1.54, 1.807) is 0 Å². The number of hydrogen-bond donors (Lipinski definition) is 0. The van der Waals surface area contributed by atoms with E-state index in [0.29, 0.717) is 6.42 Å². The molecule has 0 N–H and O–H groups in total. The highest BCUT2D eigenvalue weighted by atomic mass is 16.6. The van der Waals surface area contributed by atoms with Crippen LogP contribution >= 0.6 is 0 Å². The lowest BCUT2D eigenvalue weighted by Crippen LogP contribution is -2.19. The van der Waals surface area contributed by atoms with Gasteiger partial charge in [0, 0.05) is 6.42 Å². The summed E-state index contributed by atoms with van der Waals surface area (Å²) in [6, 6.07) is 0. The minimum atomic E-state index is -0.0659. The van der Waals surface area contributed by atoms with Crippen molar-refractivity contribution >= 4 is 5.97 Å². The molecule has 0 spiro atoms. The molecule has 148 valence electrons. The second-order valence-electron chi connectivity index (χ2n) is 7.77. The van der Waals surface area contributed by atoms with E-state index in [1.807, 2.05) is 6.92 Å². The molecule has 0 saturated carbocycles. The van der Waals surface area contributed by atoms with Gasteiger partial charge in [-0.2, -0.15) is 0 Å². The molecule has 0 aromatic rings. The molecule has 0 aromatic carbocycles. The molecule has 1 aliphatic heterocycles. The summed E-state index contributed by atoms with van der Waals surface area (Å²) in [7, 11) is 0. The van der Waals surface area contributed by atoms with Gasteiger partial charge in [0.1, 0.15) is 12.2 Å². The van der Waals surface area contributed by atoms with Gasteiger partial charge in [0.15, 0.2) is 0 Å². The van der Waals surface area contributed by atoms with Crippen molar-refractivity contribution in [2.45, 2.75) is 129 Å². The predicted molar refractivity (Wildman–Crippen MR) is 105 cm³/mol. The summed E-state index contributed by atoms with van der Waals surface area (Å²) in [4.78, 5) is 11.6. The Morgan fingerprint density at radius 3 is 1.64 bits per heavy atom. The Morgan fingerprint density at radius 2 is 1.24 bits per heavy atom. The Kier molecular flexibility index (Phi) is 14.1. The van der Waals surface area contributed by atoms with E-state index in [2.05, 4.69) is 6.92 Å². The molecule has 0 aromatic heterocycles. The lowest BCUT2D eigenvalue weighted by Gasteiger charge is -2.10. The maximum absolute atomic E-state index is 11.6. The number of esters is 1. The van der Waals surface area contributed by atoms with E-state index < -0.39 is 0 Å². The van der Waals surface area contributed by atoms with Crippen LogP contribution in [-0.2, 0) is 14.3 Å². The van der Waals surface area contributed by atoms with Gasteiger partial charge in [-0.25, -0.2) is 0 Å². The normalized spacial score (nSPS) is 17.4. The minimum Gasteiger partial charge on any atom is -0.460 e. The SMILES string of the molecule is CCCCCCCCCCCCCCCCCC(=O)OC(C)C1CO1. The van der Waals surface area contributed by atoms with Gasteiger partial charge in [-0.3, -0.25) is 4.79 Å². The van der Waals surface area contributed by atoms with E-state index in [-0.39, 0.29) is 18.2 Å². The molecule has 0 bridgehead atoms. The zero-order valence-corrected chi connectivity index (χ0v) is 16.9. The van der Waals surface area contributed by atoms with Crippen LogP contribution in [0.3, 0.4) is 0 Å². The van der Waals surface area contributed by atoms with Gasteiger partial charge in [0.2, 0.25) is 0 Å². The molecule has 3 nitrogen and oxygen atoms in total. The van der Waals surface area contributed by atoms with Gasteiger partial charge in [0.25, 0.3) is 0 Å². The van der Waals surface area contributed by atoms with Crippen molar-refractivity contribution in [2.75, 3.05) is 6.61 Å². The van der Waals surface area contributed by atoms with Crippen LogP contribution in [0, 0.1) is 0 Å². The Hall–Kier alpha value is -0.570. The van der Waals surface area contributed by atoms with Gasteiger partial charge in [-0.05, 0) is 13.3 Å². The fourth-order valence-electron chi connectivity index (χ4n) is 3.31. The van der Waals surface area contributed by atoms with E-state index in [0.717, 1.165) is 19.4 Å². The molecular formula is C22H42O3. The van der Waals surface area contributed by atoms with E-state index >= 15 is 0 Å². The lowest BCUT2D eigenvalue weighted by atomic mass is 10.0. The van der Waals surface area contributed by atoms with Gasteiger partial charge < -0.3 is 9.47 Å². The number of hydrogen-bond acceptors (Lipinski definition) is 3. The van der Waals surface area contributed by atoms with Gasteiger partial charge in [-0.1, -0.05) is 96.8 Å². The molecule has 1 heterocycles. The monoisotopic (exact) mass is 354 g/mol. The zero-order valence-electron chi connectivity index (χ0n) is 16.9. The molecule has 2 atom stereocenters. The summed E-state index contributed by atoms with van der Waals surface area (Å²) in [5, 5.41) is 0. The van der Waals surface area contributed by atoms with Crippen molar-refractivity contribution in [3.05, 3.63) is 0 Å². The van der Waals surface area contributed by atoms with Crippen LogP contribution in [-0.4, -0.2) is 24.8 Å². The molecule has 0 amide bonds. The summed E-state index contributed by atoms with van der Waals surface area (Å²) < 4.78 is 10.5. The van der Waals surface area contributed by atoms with Crippen LogP contribution in [0.4, 0.5) is 0 Å². The standard InChI is InChI=1S/C22H42O3/c1-3-4-5-6-7-8-9-10-11-12-13-14-15-16-17-18-22(23)25-20(2)21-19-24-21/h20-21H,3-19H2,1-2H3. The van der Waals surface area contributed by atoms with Gasteiger partial charge in [0.05, 0.1) is 6.61 Å². The highest BCUT2D eigenvalue weighted by Crippen LogP contribution is 2.18. The molecule has 0 radical (unpaired) electrons. The molecular weight excluding hydrogens is 312 g/mol. The van der Waals surface area contributed by atoms with Crippen LogP contribution in [0.5, 0.6) is 0 Å². The third-order valence-electron chi connectivity index (χ3n) is 5.18. The highest BCUT2D eigenvalue weighted by molar-refractivity contribution is 5.69. The second kappa shape index (κ2) is 15.7. The summed E-state index contributed by atoms with van der Waals surface area (Å²) in [5.41, 5.74) is 0. The van der Waals surface area contributed by atoms with Crippen molar-refractivity contribution in [3.63, 3.8) is 0 Å². The molecule has 1 rings (SSSR count). The Bertz CT molecular complexity index is 312. The van der Waals surface area contributed by atoms with Crippen molar-refractivity contribution in [3.8, 4) is 0 Å². The summed E-state index contributed by atoms with van der Waals surface area (Å²) in [6.45, 7) is 4.94. The third-order valence-corrected chi connectivity index (χ3v) is 5.18. The summed E-state index contributed by atoms with van der Waals surface area (Å²) >= 11 is 0. The zero-order chi connectivity index (χ0) is 18.2. The Balaban J connectivity index is 1.71. The van der Waals surface area contributed by atoms with Crippen LogP contribution in [0.2, 0.25) is 0 Å². The van der Waals surface area contributed by atoms with Gasteiger partial charge >= 0.3 is 5.97 Å². The first-order valence-electron chi connectivity index (χ1n) is 11.0. The molecule has 25 heavy (non-hydrogen) atoms. The van der Waals surface area contributed by atoms with Crippen LogP contribution in [0.1, 0.15) is 117 Å². The molecule has 2 unspecified atom stereocenters. The first-order valence-corrected chi connectivity index (χ1v) is 11.0. The first kappa shape index (κ1) is 22.5. The fraction of sp³-hybridized carbons (Fsp3) is 0.955. The number of carbonyl (C=O) groups is 1. The number of ether oxygens (including phenoxy) is 2. The number of rotatable bonds is 18. The average molecular weight is 355 g/mol. The summed E-state index contributed by atoms with van der Waals surface area (Å²) in [5.74, 6) is -0.0577. The Labute approximate surface area is 156 Å². The molecule has 3 heteroatoms. The van der Waals surface area contributed by atoms with E-state index in [1.165, 1.54) is 83.5 Å². The van der Waals surface area contributed by atoms with Gasteiger partial charge in [-0.15, -0.1) is 0 Å². The summed E-state index contributed by atoms with van der Waals surface area (Å²) in [6.07, 6.45) is 20.9. The van der Waals surface area contributed by atoms with E-state index in [9.17, 15) is 4.79 Å². The topological polar surface area (TPSA) is 38.8 Å². The van der Waals surface area contributed by atoms with Crippen molar-refractivity contribution in [1.82, 2.24) is 0 Å². The van der Waals surface area contributed by atoms with Crippen LogP contribution < -0.4 is 0 Å². The van der Waals surface area contributed by atoms with Crippen molar-refractivity contribution < 1.29 is 14.3 Å². The first-order chi connectivity index (χ1) is 12.2. The molecule has 1 saturated heterocycles. The number of unbranched alkanes of at least 4 members (excludes halogenated alkanes) is 14. The minimum absolute atomic E-state index is 0.0577. The van der Waals surface area contributed by atoms with Crippen molar-refractivity contribution in [2.24, 2.45) is 0 Å².